The van der Waals surface area contributed by atoms with Crippen LogP contribution in [0.15, 0.2) is 41.3 Å². The van der Waals surface area contributed by atoms with E-state index in [4.69, 9.17) is 4.74 Å². The molecule has 0 saturated heterocycles. The summed E-state index contributed by atoms with van der Waals surface area (Å²) in [5, 5.41) is 2.72. The van der Waals surface area contributed by atoms with Gasteiger partial charge >= 0.3 is 0 Å². The Morgan fingerprint density at radius 1 is 1.23 bits per heavy atom. The highest BCUT2D eigenvalue weighted by Crippen LogP contribution is 2.37. The summed E-state index contributed by atoms with van der Waals surface area (Å²) in [5.74, 6) is -0.593. The van der Waals surface area contributed by atoms with Crippen LogP contribution in [0.5, 0.6) is 5.75 Å². The standard InChI is InChI=1S/C18H17FN2O4S/c1-11-10-21(16-5-3-13(19)8-17(16)25-11)26(23,24)14-4-2-12-6-7-20-18(22)15(12)9-14/h2-5,8-9,11H,6-7,10H2,1H3,(H,20,22)/t11-/m1/s1. The van der Waals surface area contributed by atoms with Crippen LogP contribution in [0.4, 0.5) is 10.1 Å². The van der Waals surface area contributed by atoms with E-state index >= 15 is 0 Å². The third-order valence-electron chi connectivity index (χ3n) is 4.54. The average molecular weight is 376 g/mol. The van der Waals surface area contributed by atoms with Crippen molar-refractivity contribution >= 4 is 21.6 Å². The van der Waals surface area contributed by atoms with Crippen molar-refractivity contribution < 1.29 is 22.3 Å². The molecule has 6 nitrogen and oxygen atoms in total. The maximum absolute atomic E-state index is 13.5. The largest absolute Gasteiger partial charge is 0.487 e. The Balaban J connectivity index is 1.81. The van der Waals surface area contributed by atoms with Gasteiger partial charge in [-0.3, -0.25) is 9.10 Å². The van der Waals surface area contributed by atoms with Crippen molar-refractivity contribution in [2.24, 2.45) is 0 Å². The highest BCUT2D eigenvalue weighted by atomic mass is 32.2. The zero-order valence-electron chi connectivity index (χ0n) is 14.0. The zero-order valence-corrected chi connectivity index (χ0v) is 14.8. The highest BCUT2D eigenvalue weighted by molar-refractivity contribution is 7.92. The molecule has 2 aliphatic heterocycles. The molecule has 0 bridgehead atoms. The molecule has 0 spiro atoms. The summed E-state index contributed by atoms with van der Waals surface area (Å²) in [6.45, 7) is 2.36. The first-order chi connectivity index (χ1) is 12.4. The molecular weight excluding hydrogens is 359 g/mol. The third kappa shape index (κ3) is 2.70. The Morgan fingerprint density at radius 3 is 2.85 bits per heavy atom. The number of fused-ring (bicyclic) bond motifs is 2. The lowest BCUT2D eigenvalue weighted by molar-refractivity contribution is 0.0945. The van der Waals surface area contributed by atoms with Crippen LogP contribution in [-0.2, 0) is 16.4 Å². The summed E-state index contributed by atoms with van der Waals surface area (Å²) in [7, 11) is -3.93. The lowest BCUT2D eigenvalue weighted by Crippen LogP contribution is -2.42. The summed E-state index contributed by atoms with van der Waals surface area (Å²) in [6, 6.07) is 8.35. The monoisotopic (exact) mass is 376 g/mol. The Hall–Kier alpha value is -2.61. The second kappa shape index (κ2) is 5.98. The third-order valence-corrected chi connectivity index (χ3v) is 6.31. The van der Waals surface area contributed by atoms with E-state index in [-0.39, 0.29) is 28.8 Å². The first-order valence-corrected chi connectivity index (χ1v) is 9.70. The molecule has 0 unspecified atom stereocenters. The van der Waals surface area contributed by atoms with E-state index in [9.17, 15) is 17.6 Å². The molecule has 8 heteroatoms. The van der Waals surface area contributed by atoms with Gasteiger partial charge in [-0.25, -0.2) is 12.8 Å². The van der Waals surface area contributed by atoms with Gasteiger partial charge in [0.2, 0.25) is 0 Å². The molecule has 26 heavy (non-hydrogen) atoms. The predicted molar refractivity (Wildman–Crippen MR) is 93.5 cm³/mol. The predicted octanol–water partition coefficient (Wildman–Crippen LogP) is 2.09. The quantitative estimate of drug-likeness (QED) is 0.871. The number of rotatable bonds is 2. The van der Waals surface area contributed by atoms with E-state index in [1.165, 1.54) is 34.6 Å². The van der Waals surface area contributed by atoms with Gasteiger partial charge in [-0.05, 0) is 43.2 Å². The van der Waals surface area contributed by atoms with Crippen molar-refractivity contribution in [3.8, 4) is 5.75 Å². The van der Waals surface area contributed by atoms with Gasteiger partial charge in [0.25, 0.3) is 15.9 Å². The van der Waals surface area contributed by atoms with Crippen molar-refractivity contribution in [1.29, 1.82) is 0 Å². The minimum Gasteiger partial charge on any atom is -0.487 e. The van der Waals surface area contributed by atoms with E-state index in [2.05, 4.69) is 5.32 Å². The molecule has 1 amide bonds. The summed E-state index contributed by atoms with van der Waals surface area (Å²) in [5.41, 5.74) is 1.48. The number of anilines is 1. The molecule has 0 fully saturated rings. The van der Waals surface area contributed by atoms with Crippen LogP contribution < -0.4 is 14.4 Å². The van der Waals surface area contributed by atoms with Crippen LogP contribution in [0, 0.1) is 5.82 Å². The first-order valence-electron chi connectivity index (χ1n) is 8.26. The van der Waals surface area contributed by atoms with Crippen molar-refractivity contribution in [3.05, 3.63) is 53.3 Å². The van der Waals surface area contributed by atoms with E-state index in [0.717, 1.165) is 5.56 Å². The van der Waals surface area contributed by atoms with Crippen LogP contribution in [0.3, 0.4) is 0 Å². The normalized spacial score (nSPS) is 19.2. The molecule has 0 aromatic heterocycles. The summed E-state index contributed by atoms with van der Waals surface area (Å²) >= 11 is 0. The molecule has 2 aromatic rings. The Kier molecular flexibility index (Phi) is 3.87. The molecule has 0 radical (unpaired) electrons. The number of amides is 1. The van der Waals surface area contributed by atoms with Crippen LogP contribution in [-0.4, -0.2) is 33.5 Å². The number of sulfonamides is 1. The molecule has 136 valence electrons. The number of nitrogens with zero attached hydrogens (tertiary/aromatic N) is 1. The Bertz CT molecular complexity index is 1010. The first kappa shape index (κ1) is 16.8. The average Bonchev–Trinajstić information content (AvgIpc) is 2.60. The number of benzene rings is 2. The van der Waals surface area contributed by atoms with Gasteiger partial charge in [-0.15, -0.1) is 0 Å². The van der Waals surface area contributed by atoms with Gasteiger partial charge in [-0.2, -0.15) is 0 Å². The maximum Gasteiger partial charge on any atom is 0.264 e. The summed E-state index contributed by atoms with van der Waals surface area (Å²) in [4.78, 5) is 12.1. The Labute approximate surface area is 150 Å². The summed E-state index contributed by atoms with van der Waals surface area (Å²) < 4.78 is 46.7. The molecule has 2 heterocycles. The molecule has 0 saturated carbocycles. The molecule has 1 atom stereocenters. The number of carbonyl (C=O) groups excluding carboxylic acids is 1. The van der Waals surface area contributed by atoms with Crippen molar-refractivity contribution in [2.75, 3.05) is 17.4 Å². The lowest BCUT2D eigenvalue weighted by atomic mass is 10.0. The fourth-order valence-electron chi connectivity index (χ4n) is 3.28. The molecule has 4 rings (SSSR count). The van der Waals surface area contributed by atoms with E-state index in [0.29, 0.717) is 18.5 Å². The number of ether oxygens (including phenoxy) is 1. The second-order valence-corrected chi connectivity index (χ2v) is 8.26. The molecule has 2 aromatic carbocycles. The smallest absolute Gasteiger partial charge is 0.264 e. The zero-order chi connectivity index (χ0) is 18.5. The molecule has 1 N–H and O–H groups in total. The van der Waals surface area contributed by atoms with Gasteiger partial charge in [0.15, 0.2) is 0 Å². The van der Waals surface area contributed by atoms with Crippen LogP contribution in [0.2, 0.25) is 0 Å². The van der Waals surface area contributed by atoms with E-state index in [1.54, 1.807) is 13.0 Å². The number of hydrogen-bond acceptors (Lipinski definition) is 4. The highest BCUT2D eigenvalue weighted by Gasteiger charge is 2.34. The van der Waals surface area contributed by atoms with Gasteiger partial charge in [0, 0.05) is 18.2 Å². The van der Waals surface area contributed by atoms with Gasteiger partial charge in [0.05, 0.1) is 17.1 Å². The minimum atomic E-state index is -3.93. The Morgan fingerprint density at radius 2 is 2.04 bits per heavy atom. The van der Waals surface area contributed by atoms with Crippen molar-refractivity contribution in [3.63, 3.8) is 0 Å². The second-order valence-electron chi connectivity index (χ2n) is 6.40. The molecule has 2 aliphatic rings. The lowest BCUT2D eigenvalue weighted by Gasteiger charge is -2.34. The SMILES string of the molecule is C[C@@H]1CN(S(=O)(=O)c2ccc3c(c2)C(=O)NCC3)c2ccc(F)cc2O1. The number of hydrogen-bond donors (Lipinski definition) is 1. The van der Waals surface area contributed by atoms with E-state index < -0.39 is 21.9 Å². The number of halogens is 1. The fraction of sp³-hybridized carbons (Fsp3) is 0.278. The topological polar surface area (TPSA) is 75.7 Å². The fourth-order valence-corrected chi connectivity index (χ4v) is 4.86. The van der Waals surface area contributed by atoms with E-state index in [1.807, 2.05) is 0 Å². The minimum absolute atomic E-state index is 0.0256. The summed E-state index contributed by atoms with van der Waals surface area (Å²) in [6.07, 6.45) is 0.234. The van der Waals surface area contributed by atoms with Crippen molar-refractivity contribution in [2.45, 2.75) is 24.3 Å². The van der Waals surface area contributed by atoms with Gasteiger partial charge in [0.1, 0.15) is 17.7 Å². The number of carbonyl (C=O) groups is 1. The van der Waals surface area contributed by atoms with Crippen LogP contribution in [0.1, 0.15) is 22.8 Å². The van der Waals surface area contributed by atoms with Crippen molar-refractivity contribution in [1.82, 2.24) is 5.32 Å². The number of nitrogens with one attached hydrogen (secondary N) is 1. The molecular formula is C18H17FN2O4S. The van der Waals surface area contributed by atoms with Gasteiger partial charge < -0.3 is 10.1 Å². The van der Waals surface area contributed by atoms with Crippen LogP contribution in [0.25, 0.3) is 0 Å². The maximum atomic E-state index is 13.5. The van der Waals surface area contributed by atoms with Gasteiger partial charge in [-0.1, -0.05) is 6.07 Å². The van der Waals surface area contributed by atoms with Crippen LogP contribution >= 0.6 is 0 Å². The molecule has 0 aliphatic carbocycles.